The number of aromatic hydroxyl groups is 1. The third kappa shape index (κ3) is 4.68. The highest BCUT2D eigenvalue weighted by Gasteiger charge is 2.64. The fourth-order valence-electron chi connectivity index (χ4n) is 3.48. The Morgan fingerprint density at radius 2 is 1.97 bits per heavy atom. The second-order valence-electron chi connectivity index (χ2n) is 8.00. The van der Waals surface area contributed by atoms with E-state index in [2.05, 4.69) is 17.2 Å². The predicted molar refractivity (Wildman–Crippen MR) is 109 cm³/mol. The molecule has 1 aromatic rings. The highest BCUT2D eigenvalue weighted by atomic mass is 19.3. The summed E-state index contributed by atoms with van der Waals surface area (Å²) in [5, 5.41) is 24.7. The van der Waals surface area contributed by atoms with Gasteiger partial charge < -0.3 is 25.7 Å². The van der Waals surface area contributed by atoms with E-state index in [9.17, 15) is 33.4 Å². The Morgan fingerprint density at radius 3 is 2.58 bits per heavy atom. The molecule has 1 aliphatic rings. The number of alkyl halides is 2. The summed E-state index contributed by atoms with van der Waals surface area (Å²) in [5.41, 5.74) is -1.44. The molecule has 2 rings (SSSR count). The number of carbonyl (C=O) groups excluding carboxylic acids is 3. The number of nitrogens with one attached hydrogen (secondary N) is 2. The van der Waals surface area contributed by atoms with Crippen LogP contribution in [0.5, 0.6) is 5.75 Å². The fraction of sp³-hybridized carbons (Fsp3) is 0.476. The molecule has 0 aromatic heterocycles. The Bertz CT molecular complexity index is 888. The largest absolute Gasteiger partial charge is 0.508 e. The molecule has 0 radical (unpaired) electrons. The van der Waals surface area contributed by atoms with Gasteiger partial charge in [-0.2, -0.15) is 0 Å². The molecule has 1 unspecified atom stereocenters. The van der Waals surface area contributed by atoms with Gasteiger partial charge in [-0.25, -0.2) is 8.78 Å². The van der Waals surface area contributed by atoms with Crippen LogP contribution in [0.3, 0.4) is 0 Å². The van der Waals surface area contributed by atoms with Crippen LogP contribution in [0.1, 0.15) is 29.8 Å². The molecule has 2 atom stereocenters. The number of hydrogen-bond donors (Lipinski definition) is 4. The quantitative estimate of drug-likeness (QED) is 0.472. The maximum Gasteiger partial charge on any atom is 0.272 e. The fourth-order valence-corrected chi connectivity index (χ4v) is 3.48. The Kier molecular flexibility index (Phi) is 7.05. The molecule has 1 aliphatic heterocycles. The third-order valence-corrected chi connectivity index (χ3v) is 5.55. The van der Waals surface area contributed by atoms with Gasteiger partial charge in [-0.05, 0) is 19.1 Å². The lowest BCUT2D eigenvalue weighted by atomic mass is 9.81. The van der Waals surface area contributed by atoms with E-state index >= 15 is 0 Å². The van der Waals surface area contributed by atoms with Crippen molar-refractivity contribution in [2.45, 2.75) is 38.8 Å². The SMILES string of the molecule is C=CCNC(=O)C1N(C(=O)[C@@H](O)CNC(=O)c2cccc(O)c2C)CC(F)(F)C1(C)C. The zero-order valence-corrected chi connectivity index (χ0v) is 17.6. The molecule has 1 aromatic carbocycles. The van der Waals surface area contributed by atoms with Crippen molar-refractivity contribution in [1.82, 2.24) is 15.5 Å². The van der Waals surface area contributed by atoms with Crippen LogP contribution in [0, 0.1) is 12.3 Å². The van der Waals surface area contributed by atoms with Gasteiger partial charge in [-0.1, -0.05) is 26.0 Å². The topological polar surface area (TPSA) is 119 Å². The van der Waals surface area contributed by atoms with Crippen molar-refractivity contribution in [1.29, 1.82) is 0 Å². The van der Waals surface area contributed by atoms with Gasteiger partial charge in [-0.3, -0.25) is 14.4 Å². The molecule has 8 nitrogen and oxygen atoms in total. The monoisotopic (exact) mass is 439 g/mol. The number of phenols is 1. The Balaban J connectivity index is 2.15. The van der Waals surface area contributed by atoms with Gasteiger partial charge in [0.05, 0.1) is 18.5 Å². The molecular formula is C21H27F2N3O5. The Morgan fingerprint density at radius 1 is 1.32 bits per heavy atom. The summed E-state index contributed by atoms with van der Waals surface area (Å²) in [6.45, 7) is 5.75. The number of aliphatic hydroxyl groups excluding tert-OH is 1. The Labute approximate surface area is 178 Å². The summed E-state index contributed by atoms with van der Waals surface area (Å²) in [7, 11) is 0. The van der Waals surface area contributed by atoms with Crippen molar-refractivity contribution in [3.63, 3.8) is 0 Å². The van der Waals surface area contributed by atoms with Crippen LogP contribution >= 0.6 is 0 Å². The molecule has 1 heterocycles. The molecular weight excluding hydrogens is 412 g/mol. The summed E-state index contributed by atoms with van der Waals surface area (Å²) in [6.07, 6.45) is -0.473. The molecule has 1 saturated heterocycles. The standard InChI is InChI=1S/C21H27F2N3O5/c1-5-9-24-18(30)16-20(3,4)21(22,23)11-26(16)19(31)15(28)10-25-17(29)13-7-6-8-14(27)12(13)2/h5-8,15-16,27-28H,1,9-11H2,2-4H3,(H,24,30)(H,25,29)/t15-,16?/m0/s1. The number of likely N-dealkylation sites (tertiary alicyclic amines) is 1. The first-order valence-electron chi connectivity index (χ1n) is 9.67. The number of carbonyl (C=O) groups is 3. The average Bonchev–Trinajstić information content (AvgIpc) is 2.89. The predicted octanol–water partition coefficient (Wildman–Crippen LogP) is 0.966. The van der Waals surface area contributed by atoms with Crippen LogP contribution in [-0.4, -0.2) is 70.5 Å². The minimum absolute atomic E-state index is 0.0287. The molecule has 31 heavy (non-hydrogen) atoms. The zero-order valence-electron chi connectivity index (χ0n) is 17.6. The molecule has 170 valence electrons. The van der Waals surface area contributed by atoms with E-state index in [1.54, 1.807) is 0 Å². The average molecular weight is 439 g/mol. The molecule has 4 N–H and O–H groups in total. The van der Waals surface area contributed by atoms with Crippen molar-refractivity contribution in [3.8, 4) is 5.75 Å². The highest BCUT2D eigenvalue weighted by Crippen LogP contribution is 2.48. The van der Waals surface area contributed by atoms with E-state index in [1.165, 1.54) is 45.0 Å². The first-order valence-corrected chi connectivity index (χ1v) is 9.67. The number of phenolic OH excluding ortho intramolecular Hbond substituents is 1. The minimum atomic E-state index is -3.37. The van der Waals surface area contributed by atoms with E-state index in [0.29, 0.717) is 10.5 Å². The van der Waals surface area contributed by atoms with Gasteiger partial charge in [0.15, 0.2) is 0 Å². The van der Waals surface area contributed by atoms with Crippen LogP contribution in [0.15, 0.2) is 30.9 Å². The third-order valence-electron chi connectivity index (χ3n) is 5.55. The van der Waals surface area contributed by atoms with Crippen LogP contribution in [0.25, 0.3) is 0 Å². The van der Waals surface area contributed by atoms with E-state index < -0.39 is 54.3 Å². The van der Waals surface area contributed by atoms with Crippen molar-refractivity contribution >= 4 is 17.7 Å². The number of benzene rings is 1. The number of nitrogens with zero attached hydrogens (tertiary/aromatic N) is 1. The summed E-state index contributed by atoms with van der Waals surface area (Å²) in [6, 6.07) is 2.78. The molecule has 0 bridgehead atoms. The van der Waals surface area contributed by atoms with E-state index in [1.807, 2.05) is 0 Å². The van der Waals surface area contributed by atoms with Crippen molar-refractivity contribution in [2.75, 3.05) is 19.6 Å². The van der Waals surface area contributed by atoms with Crippen LogP contribution in [0.2, 0.25) is 0 Å². The summed E-state index contributed by atoms with van der Waals surface area (Å²) >= 11 is 0. The van der Waals surface area contributed by atoms with Gasteiger partial charge in [0.25, 0.3) is 17.7 Å². The van der Waals surface area contributed by atoms with Crippen molar-refractivity contribution < 1.29 is 33.4 Å². The number of halogens is 2. The maximum atomic E-state index is 14.6. The number of aliphatic hydroxyl groups is 1. The second kappa shape index (κ2) is 9.01. The minimum Gasteiger partial charge on any atom is -0.508 e. The van der Waals surface area contributed by atoms with Crippen LogP contribution in [0.4, 0.5) is 8.78 Å². The smallest absolute Gasteiger partial charge is 0.272 e. The van der Waals surface area contributed by atoms with Gasteiger partial charge in [0.2, 0.25) is 5.91 Å². The van der Waals surface area contributed by atoms with Crippen LogP contribution < -0.4 is 10.6 Å². The molecule has 0 saturated carbocycles. The molecule has 1 fully saturated rings. The van der Waals surface area contributed by atoms with Gasteiger partial charge in [0, 0.05) is 17.7 Å². The molecule has 0 spiro atoms. The lowest BCUT2D eigenvalue weighted by molar-refractivity contribution is -0.146. The summed E-state index contributed by atoms with van der Waals surface area (Å²) in [4.78, 5) is 38.2. The summed E-state index contributed by atoms with van der Waals surface area (Å²) in [5.74, 6) is -6.02. The zero-order chi connectivity index (χ0) is 23.6. The van der Waals surface area contributed by atoms with E-state index in [4.69, 9.17) is 0 Å². The van der Waals surface area contributed by atoms with Gasteiger partial charge >= 0.3 is 0 Å². The lowest BCUT2D eigenvalue weighted by Gasteiger charge is -2.33. The number of rotatable bonds is 7. The lowest BCUT2D eigenvalue weighted by Crippen LogP contribution is -2.55. The number of hydrogen-bond acceptors (Lipinski definition) is 5. The second-order valence-corrected chi connectivity index (χ2v) is 8.00. The number of amides is 3. The van der Waals surface area contributed by atoms with E-state index in [-0.39, 0.29) is 17.9 Å². The molecule has 3 amide bonds. The van der Waals surface area contributed by atoms with Crippen molar-refractivity contribution in [3.05, 3.63) is 42.0 Å². The molecule has 10 heteroatoms. The van der Waals surface area contributed by atoms with Gasteiger partial charge in [0.1, 0.15) is 17.9 Å². The van der Waals surface area contributed by atoms with E-state index in [0.717, 1.165) is 0 Å². The molecule has 0 aliphatic carbocycles. The summed E-state index contributed by atoms with van der Waals surface area (Å²) < 4.78 is 29.2. The highest BCUT2D eigenvalue weighted by molar-refractivity contribution is 5.97. The van der Waals surface area contributed by atoms with Crippen LogP contribution in [-0.2, 0) is 9.59 Å². The Hall–Kier alpha value is -3.01. The first kappa shape index (κ1) is 24.3. The first-order chi connectivity index (χ1) is 14.3. The van der Waals surface area contributed by atoms with Gasteiger partial charge in [-0.15, -0.1) is 6.58 Å². The normalized spacial score (nSPS) is 20.1. The maximum absolute atomic E-state index is 14.6. The van der Waals surface area contributed by atoms with Crippen molar-refractivity contribution in [2.24, 2.45) is 5.41 Å².